The maximum absolute atomic E-state index is 14.8. The molecule has 0 bridgehead atoms. The fourth-order valence-corrected chi connectivity index (χ4v) is 10.7. The fourth-order valence-electron chi connectivity index (χ4n) is 10.7. The van der Waals surface area contributed by atoms with Crippen LogP contribution in [0, 0.1) is 0 Å². The number of aliphatic hydroxyl groups excluding tert-OH is 2. The van der Waals surface area contributed by atoms with Gasteiger partial charge in [-0.15, -0.1) is 0 Å². The van der Waals surface area contributed by atoms with Crippen molar-refractivity contribution in [3.05, 3.63) is 286 Å². The van der Waals surface area contributed by atoms with Crippen LogP contribution in [0.1, 0.15) is 147 Å². The summed E-state index contributed by atoms with van der Waals surface area (Å²) in [6.07, 6.45) is 1.08. The number of aromatic nitrogens is 3. The van der Waals surface area contributed by atoms with Gasteiger partial charge in [0.15, 0.2) is 17.5 Å². The topological polar surface area (TPSA) is 243 Å². The third-order valence-corrected chi connectivity index (χ3v) is 16.2. The van der Waals surface area contributed by atoms with E-state index in [1.54, 1.807) is 45.0 Å². The highest BCUT2D eigenvalue weighted by molar-refractivity contribution is 6.11. The van der Waals surface area contributed by atoms with Gasteiger partial charge in [0, 0.05) is 45.5 Å². The SMILES string of the molecule is C=CC(=O)OCC(O)COC(=O)c1ccc(C(C)(C)c2ccc(C(=O)NC(C)(C)C)c(C(=O)OCC(O)COC(=O)C=C)c2)cc1C(=O)Nc1cccc(Cc2ccc(-c3nc(-c4ccc(Cc5ccccc5)cc4)nc(-c4ccc(Cc5cccc(C(C)(C)C)c5)cc4)n3)cc2)c1. The van der Waals surface area contributed by atoms with Crippen molar-refractivity contribution in [1.82, 2.24) is 20.3 Å². The molecule has 98 heavy (non-hydrogen) atoms. The van der Waals surface area contributed by atoms with Gasteiger partial charge in [0.25, 0.3) is 11.8 Å². The first-order valence-corrected chi connectivity index (χ1v) is 32.2. The molecule has 1 aromatic heterocycles. The lowest BCUT2D eigenvalue weighted by molar-refractivity contribution is -0.142. The Morgan fingerprint density at radius 1 is 0.418 bits per heavy atom. The zero-order valence-electron chi connectivity index (χ0n) is 56.4. The number of nitrogens with one attached hydrogen (secondary N) is 2. The van der Waals surface area contributed by atoms with Crippen LogP contribution in [0.2, 0.25) is 0 Å². The summed E-state index contributed by atoms with van der Waals surface area (Å²) in [6.45, 7) is 20.2. The molecule has 1 heterocycles. The second kappa shape index (κ2) is 31.7. The van der Waals surface area contributed by atoms with Crippen LogP contribution in [0.25, 0.3) is 34.2 Å². The molecule has 9 aromatic rings. The number of rotatable bonds is 26. The van der Waals surface area contributed by atoms with Crippen LogP contribution in [0.15, 0.2) is 213 Å². The number of aliphatic hydroxyl groups is 2. The molecule has 0 aliphatic carbocycles. The van der Waals surface area contributed by atoms with E-state index in [2.05, 4.69) is 129 Å². The normalized spacial score (nSPS) is 12.1. The molecule has 0 saturated carbocycles. The molecule has 0 saturated heterocycles. The van der Waals surface area contributed by atoms with E-state index in [-0.39, 0.29) is 27.7 Å². The predicted molar refractivity (Wildman–Crippen MR) is 378 cm³/mol. The Balaban J connectivity index is 0.977. The van der Waals surface area contributed by atoms with Gasteiger partial charge in [-0.3, -0.25) is 9.59 Å². The van der Waals surface area contributed by atoms with Gasteiger partial charge in [0.05, 0.1) is 22.3 Å². The smallest absolute Gasteiger partial charge is 0.339 e. The van der Waals surface area contributed by atoms with Gasteiger partial charge >= 0.3 is 23.9 Å². The predicted octanol–water partition coefficient (Wildman–Crippen LogP) is 13.5. The molecule has 9 rings (SSSR count). The van der Waals surface area contributed by atoms with Crippen LogP contribution in [0.3, 0.4) is 0 Å². The summed E-state index contributed by atoms with van der Waals surface area (Å²) in [6, 6.07) is 60.2. The first kappa shape index (κ1) is 71.3. The summed E-state index contributed by atoms with van der Waals surface area (Å²) in [5.74, 6) is -3.18. The van der Waals surface area contributed by atoms with Gasteiger partial charge in [0.1, 0.15) is 38.6 Å². The molecular weight excluding hydrogens is 1230 g/mol. The van der Waals surface area contributed by atoms with Crippen molar-refractivity contribution in [2.45, 2.75) is 103 Å². The van der Waals surface area contributed by atoms with E-state index in [1.807, 2.05) is 68.4 Å². The summed E-state index contributed by atoms with van der Waals surface area (Å²) in [5.41, 5.74) is 9.56. The summed E-state index contributed by atoms with van der Waals surface area (Å²) < 4.78 is 20.7. The number of hydrogen-bond donors (Lipinski definition) is 4. The average molecular weight is 1320 g/mol. The second-order valence-electron chi connectivity index (χ2n) is 26.5. The maximum Gasteiger partial charge on any atom is 0.339 e. The Morgan fingerprint density at radius 2 is 0.827 bits per heavy atom. The van der Waals surface area contributed by atoms with Crippen molar-refractivity contribution in [3.63, 3.8) is 0 Å². The van der Waals surface area contributed by atoms with Crippen LogP contribution in [0.5, 0.6) is 0 Å². The van der Waals surface area contributed by atoms with Crippen molar-refractivity contribution in [2.24, 2.45) is 0 Å². The molecular formula is C81H81N5O12. The maximum atomic E-state index is 14.8. The monoisotopic (exact) mass is 1320 g/mol. The lowest BCUT2D eigenvalue weighted by atomic mass is 9.76. The Hall–Kier alpha value is -11.0. The van der Waals surface area contributed by atoms with E-state index in [0.29, 0.717) is 40.7 Å². The van der Waals surface area contributed by atoms with E-state index >= 15 is 0 Å². The van der Waals surface area contributed by atoms with Crippen LogP contribution >= 0.6 is 0 Å². The van der Waals surface area contributed by atoms with Gasteiger partial charge < -0.3 is 39.8 Å². The van der Waals surface area contributed by atoms with Crippen LogP contribution in [-0.2, 0) is 58.6 Å². The molecule has 0 spiro atoms. The minimum atomic E-state index is -1.41. The summed E-state index contributed by atoms with van der Waals surface area (Å²) in [5, 5.41) is 26.9. The molecule has 0 radical (unpaired) electrons. The van der Waals surface area contributed by atoms with E-state index < -0.39 is 85.3 Å². The number of benzene rings is 8. The summed E-state index contributed by atoms with van der Waals surface area (Å²) in [4.78, 5) is 94.9. The number of ether oxygens (including phenoxy) is 4. The Bertz CT molecular complexity index is 4380. The van der Waals surface area contributed by atoms with Crippen molar-refractivity contribution in [1.29, 1.82) is 0 Å². The molecule has 0 aliphatic heterocycles. The molecule has 4 N–H and O–H groups in total. The third-order valence-electron chi connectivity index (χ3n) is 16.2. The van der Waals surface area contributed by atoms with E-state index in [9.17, 15) is 39.0 Å². The van der Waals surface area contributed by atoms with Gasteiger partial charge in [-0.25, -0.2) is 34.1 Å². The van der Waals surface area contributed by atoms with Crippen LogP contribution in [0.4, 0.5) is 5.69 Å². The van der Waals surface area contributed by atoms with Crippen molar-refractivity contribution in [2.75, 3.05) is 31.7 Å². The van der Waals surface area contributed by atoms with E-state index in [4.69, 9.17) is 33.9 Å². The number of esters is 4. The van der Waals surface area contributed by atoms with Gasteiger partial charge in [-0.05, 0) is 132 Å². The summed E-state index contributed by atoms with van der Waals surface area (Å²) in [7, 11) is 0. The molecule has 8 aromatic carbocycles. The lowest BCUT2D eigenvalue weighted by Crippen LogP contribution is -2.41. The van der Waals surface area contributed by atoms with Crippen LogP contribution in [-0.4, -0.2) is 105 Å². The van der Waals surface area contributed by atoms with Gasteiger partial charge in [0.2, 0.25) is 0 Å². The number of carbonyl (C=O) groups excluding carboxylic acids is 6. The Morgan fingerprint density at radius 3 is 1.30 bits per heavy atom. The minimum absolute atomic E-state index is 0.0251. The fraction of sp³-hybridized carbons (Fsp3) is 0.247. The quantitative estimate of drug-likeness (QED) is 0.0224. The molecule has 17 heteroatoms. The molecule has 0 fully saturated rings. The van der Waals surface area contributed by atoms with E-state index in [1.165, 1.54) is 46.5 Å². The molecule has 502 valence electrons. The van der Waals surface area contributed by atoms with Gasteiger partial charge in [-0.1, -0.05) is 199 Å². The standard InChI is InChI=1S/C81H81N5O12/c1-11-70(89)95-47-64(87)49-97-77(93)67-39-37-61(81(9,10)62-36-38-66(76(92)86-80(6,7)8)69(46-62)78(94)98-50-65(88)48-96-71(90)12-2)45-68(67)75(91)82-63-23-17-21-56(44-63)42-54-28-34-59(35-29-54)74-84-72(57-30-24-52(25-31-57)40-51-18-14-13-15-19-51)83-73(85-74)58-32-26-53(27-33-58)41-55-20-16-22-60(43-55)79(3,4)5/h11-39,43-46,64-65,87-88H,1-2,40-42,47-50H2,3-10H3,(H,82,91)(H,86,92). The Kier molecular flexibility index (Phi) is 23.1. The van der Waals surface area contributed by atoms with Crippen LogP contribution < -0.4 is 10.6 Å². The zero-order valence-corrected chi connectivity index (χ0v) is 56.4. The zero-order chi connectivity index (χ0) is 70.3. The Labute approximate surface area is 571 Å². The first-order chi connectivity index (χ1) is 46.7. The van der Waals surface area contributed by atoms with Crippen molar-refractivity contribution in [3.8, 4) is 34.2 Å². The molecule has 2 amide bonds. The average Bonchev–Trinajstić information content (AvgIpc) is 0.777. The van der Waals surface area contributed by atoms with Gasteiger partial charge in [-0.2, -0.15) is 0 Å². The number of amides is 2. The molecule has 2 unspecified atom stereocenters. The molecule has 17 nitrogen and oxygen atoms in total. The number of nitrogens with zero attached hydrogens (tertiary/aromatic N) is 3. The number of hydrogen-bond acceptors (Lipinski definition) is 15. The number of anilines is 1. The highest BCUT2D eigenvalue weighted by atomic mass is 16.6. The number of carbonyl (C=O) groups is 6. The highest BCUT2D eigenvalue weighted by Crippen LogP contribution is 2.36. The first-order valence-electron chi connectivity index (χ1n) is 32.2. The molecule has 0 aliphatic rings. The minimum Gasteiger partial charge on any atom is -0.460 e. The highest BCUT2D eigenvalue weighted by Gasteiger charge is 2.31. The lowest BCUT2D eigenvalue weighted by Gasteiger charge is -2.28. The largest absolute Gasteiger partial charge is 0.460 e. The van der Waals surface area contributed by atoms with E-state index in [0.717, 1.165) is 58.4 Å². The summed E-state index contributed by atoms with van der Waals surface area (Å²) >= 11 is 0. The second-order valence-corrected chi connectivity index (χ2v) is 26.5. The van der Waals surface area contributed by atoms with Crippen molar-refractivity contribution >= 4 is 41.4 Å². The van der Waals surface area contributed by atoms with Crippen molar-refractivity contribution < 1.29 is 57.9 Å². The third kappa shape index (κ3) is 19.4. The molecule has 2 atom stereocenters.